The summed E-state index contributed by atoms with van der Waals surface area (Å²) in [5, 5.41) is 9.40. The van der Waals surface area contributed by atoms with Gasteiger partial charge in [0.1, 0.15) is 12.6 Å². The predicted octanol–water partition coefficient (Wildman–Crippen LogP) is 1.79. The number of ether oxygens (including phenoxy) is 2. The van der Waals surface area contributed by atoms with Crippen LogP contribution in [0.3, 0.4) is 0 Å². The fourth-order valence-corrected chi connectivity index (χ4v) is 1.41. The first-order valence-corrected chi connectivity index (χ1v) is 6.27. The van der Waals surface area contributed by atoms with Crippen molar-refractivity contribution in [3.63, 3.8) is 0 Å². The first kappa shape index (κ1) is 17.3. The van der Waals surface area contributed by atoms with Gasteiger partial charge in [-0.2, -0.15) is 0 Å². The van der Waals surface area contributed by atoms with Gasteiger partial charge in [0.2, 0.25) is 18.3 Å². The molecule has 0 saturated carbocycles. The summed E-state index contributed by atoms with van der Waals surface area (Å²) in [7, 11) is 3.24. The van der Waals surface area contributed by atoms with Gasteiger partial charge >= 0.3 is 0 Å². The topological polar surface area (TPSA) is 86.3 Å². The summed E-state index contributed by atoms with van der Waals surface area (Å²) in [5.41, 5.74) is 0. The number of nitrogens with zero attached hydrogens (tertiary/aromatic N) is 3. The Hall–Kier alpha value is -1.66. The van der Waals surface area contributed by atoms with Crippen molar-refractivity contribution in [2.45, 2.75) is 33.2 Å². The molecule has 0 spiro atoms. The second kappa shape index (κ2) is 9.29. The Morgan fingerprint density at radius 2 is 2.05 bits per heavy atom. The molecule has 0 bridgehead atoms. The lowest BCUT2D eigenvalue weighted by Gasteiger charge is -2.22. The Morgan fingerprint density at radius 3 is 2.37 bits per heavy atom. The van der Waals surface area contributed by atoms with E-state index in [-0.39, 0.29) is 17.5 Å². The average Bonchev–Trinajstić information content (AvgIpc) is 2.38. The monoisotopic (exact) mass is 273 g/mol. The van der Waals surface area contributed by atoms with E-state index in [1.807, 2.05) is 0 Å². The van der Waals surface area contributed by atoms with E-state index < -0.39 is 0 Å². The Labute approximate surface area is 113 Å². The van der Waals surface area contributed by atoms with Crippen LogP contribution in [0.25, 0.3) is 0 Å². The molecule has 0 aromatic heterocycles. The highest BCUT2D eigenvalue weighted by molar-refractivity contribution is 5.91. The molecule has 1 unspecified atom stereocenters. The summed E-state index contributed by atoms with van der Waals surface area (Å²) in [5.74, 6) is 1.76. The third kappa shape index (κ3) is 6.73. The van der Waals surface area contributed by atoms with E-state index in [9.17, 15) is 10.1 Å². The molecule has 0 aromatic rings. The molecular weight excluding hydrogens is 250 g/mol. The smallest absolute Gasteiger partial charge is 0.209 e. The van der Waals surface area contributed by atoms with Crippen LogP contribution in [0.5, 0.6) is 0 Å². The van der Waals surface area contributed by atoms with Crippen LogP contribution in [-0.4, -0.2) is 50.1 Å². The molecule has 1 rings (SSSR count). The Balaban J connectivity index is 0.000000459. The van der Waals surface area contributed by atoms with Crippen LogP contribution in [-0.2, 0) is 9.47 Å². The molecule has 0 amide bonds. The lowest BCUT2D eigenvalue weighted by Crippen LogP contribution is -2.32. The number of aliphatic imine (C=N–C) groups is 2. The van der Waals surface area contributed by atoms with E-state index in [2.05, 4.69) is 23.8 Å². The number of hydrogen-bond donors (Lipinski definition) is 0. The average molecular weight is 273 g/mol. The Bertz CT molecular complexity index is 340. The van der Waals surface area contributed by atoms with Gasteiger partial charge < -0.3 is 9.47 Å². The molecule has 19 heavy (non-hydrogen) atoms. The van der Waals surface area contributed by atoms with Crippen LogP contribution in [0, 0.1) is 16.0 Å². The van der Waals surface area contributed by atoms with Crippen molar-refractivity contribution in [2.75, 3.05) is 27.3 Å². The van der Waals surface area contributed by atoms with Gasteiger partial charge in [-0.3, -0.25) is 10.1 Å². The molecule has 0 fully saturated rings. The van der Waals surface area contributed by atoms with Gasteiger partial charge in [-0.1, -0.05) is 20.8 Å². The summed E-state index contributed by atoms with van der Waals surface area (Å²) in [6.45, 7) is 6.54. The minimum absolute atomic E-state index is 0.00806. The number of nitro groups is 1. The molecule has 110 valence electrons. The molecular formula is C12H23N3O4. The molecule has 1 atom stereocenters. The normalized spacial score (nSPS) is 17.9. The van der Waals surface area contributed by atoms with Gasteiger partial charge in [-0.15, -0.1) is 0 Å². The maximum Gasteiger partial charge on any atom is 0.209 e. The van der Waals surface area contributed by atoms with Crippen LogP contribution < -0.4 is 0 Å². The molecule has 1 heterocycles. The van der Waals surface area contributed by atoms with Crippen LogP contribution in [0.2, 0.25) is 0 Å². The highest BCUT2D eigenvalue weighted by Crippen LogP contribution is 2.13. The van der Waals surface area contributed by atoms with Gasteiger partial charge in [0, 0.05) is 11.3 Å². The Morgan fingerprint density at radius 1 is 1.42 bits per heavy atom. The van der Waals surface area contributed by atoms with Gasteiger partial charge in [0.05, 0.1) is 14.2 Å². The van der Waals surface area contributed by atoms with Gasteiger partial charge in [0.25, 0.3) is 0 Å². The molecule has 0 aromatic carbocycles. The zero-order chi connectivity index (χ0) is 14.8. The molecule has 7 nitrogen and oxygen atoms in total. The number of hydrogen-bond acceptors (Lipinski definition) is 6. The van der Waals surface area contributed by atoms with E-state index in [1.165, 1.54) is 0 Å². The molecule has 0 saturated heterocycles. The SMILES string of the molecule is CCC[N+](=O)[O-].COC1=NC(C(C)C)C(OC)=NC1. The minimum atomic E-state index is -0.319. The number of rotatable bonds is 3. The third-order valence-electron chi connectivity index (χ3n) is 2.39. The lowest BCUT2D eigenvalue weighted by molar-refractivity contribution is -0.479. The molecule has 0 aliphatic carbocycles. The van der Waals surface area contributed by atoms with E-state index in [1.54, 1.807) is 21.1 Å². The summed E-state index contributed by atoms with van der Waals surface area (Å²) < 4.78 is 10.2. The third-order valence-corrected chi connectivity index (χ3v) is 2.39. The van der Waals surface area contributed by atoms with E-state index >= 15 is 0 Å². The first-order chi connectivity index (χ1) is 8.96. The standard InChI is InChI=1S/C9H16N2O2.C3H7NO2/c1-6(2)8-9(13-4)10-5-7(11-8)12-3;1-2-3-4(5)6/h6,8H,5H2,1-4H3;2-3H2,1H3. The van der Waals surface area contributed by atoms with Crippen LogP contribution in [0.15, 0.2) is 9.98 Å². The predicted molar refractivity (Wildman–Crippen MR) is 74.5 cm³/mol. The van der Waals surface area contributed by atoms with Crippen molar-refractivity contribution in [1.29, 1.82) is 0 Å². The second-order valence-corrected chi connectivity index (χ2v) is 4.33. The van der Waals surface area contributed by atoms with Crippen molar-refractivity contribution in [3.05, 3.63) is 10.1 Å². The van der Waals surface area contributed by atoms with Crippen molar-refractivity contribution in [1.82, 2.24) is 0 Å². The molecule has 0 N–H and O–H groups in total. The van der Waals surface area contributed by atoms with Crippen molar-refractivity contribution in [2.24, 2.45) is 15.9 Å². The molecule has 0 radical (unpaired) electrons. The number of methoxy groups -OCH3 is 2. The van der Waals surface area contributed by atoms with E-state index in [0.717, 1.165) is 0 Å². The van der Waals surface area contributed by atoms with Crippen LogP contribution >= 0.6 is 0 Å². The summed E-state index contributed by atoms with van der Waals surface area (Å²) in [4.78, 5) is 17.7. The van der Waals surface area contributed by atoms with E-state index in [0.29, 0.717) is 30.7 Å². The maximum absolute atomic E-state index is 9.40. The highest BCUT2D eigenvalue weighted by Gasteiger charge is 2.24. The van der Waals surface area contributed by atoms with Crippen molar-refractivity contribution < 1.29 is 14.4 Å². The lowest BCUT2D eigenvalue weighted by atomic mass is 10.0. The zero-order valence-electron chi connectivity index (χ0n) is 12.3. The zero-order valence-corrected chi connectivity index (χ0v) is 12.3. The fraction of sp³-hybridized carbons (Fsp3) is 0.833. The van der Waals surface area contributed by atoms with Crippen molar-refractivity contribution >= 4 is 11.8 Å². The van der Waals surface area contributed by atoms with E-state index in [4.69, 9.17) is 9.47 Å². The van der Waals surface area contributed by atoms with Gasteiger partial charge in [-0.25, -0.2) is 9.98 Å². The van der Waals surface area contributed by atoms with Gasteiger partial charge in [-0.05, 0) is 5.92 Å². The minimum Gasteiger partial charge on any atom is -0.483 e. The maximum atomic E-state index is 9.40. The van der Waals surface area contributed by atoms with Gasteiger partial charge in [0.15, 0.2) is 0 Å². The second-order valence-electron chi connectivity index (χ2n) is 4.33. The van der Waals surface area contributed by atoms with Crippen LogP contribution in [0.1, 0.15) is 27.2 Å². The summed E-state index contributed by atoms with van der Waals surface area (Å²) in [6.07, 6.45) is 0.632. The molecule has 1 aliphatic rings. The first-order valence-electron chi connectivity index (χ1n) is 6.27. The quantitative estimate of drug-likeness (QED) is 0.579. The largest absolute Gasteiger partial charge is 0.483 e. The highest BCUT2D eigenvalue weighted by atomic mass is 16.6. The molecule has 1 aliphatic heterocycles. The van der Waals surface area contributed by atoms with Crippen molar-refractivity contribution in [3.8, 4) is 0 Å². The fourth-order valence-electron chi connectivity index (χ4n) is 1.41. The molecule has 7 heteroatoms. The summed E-state index contributed by atoms with van der Waals surface area (Å²) in [6, 6.07) is 0.00806. The summed E-state index contributed by atoms with van der Waals surface area (Å²) >= 11 is 0. The Kier molecular flexibility index (Phi) is 8.48. The van der Waals surface area contributed by atoms with Crippen LogP contribution in [0.4, 0.5) is 0 Å².